The van der Waals surface area contributed by atoms with Crippen molar-refractivity contribution >= 4 is 38.8 Å². The molecule has 2 aromatic carbocycles. The van der Waals surface area contributed by atoms with E-state index in [2.05, 4.69) is 10.3 Å². The third kappa shape index (κ3) is 5.58. The summed E-state index contributed by atoms with van der Waals surface area (Å²) in [5, 5.41) is 9.36. The number of rotatable bonds is 4. The summed E-state index contributed by atoms with van der Waals surface area (Å²) in [6.07, 6.45) is -3.60. The van der Waals surface area contributed by atoms with Crippen LogP contribution in [-0.2, 0) is 36.4 Å². The lowest BCUT2D eigenvalue weighted by Crippen LogP contribution is -2.41. The van der Waals surface area contributed by atoms with E-state index in [9.17, 15) is 31.2 Å². The van der Waals surface area contributed by atoms with Gasteiger partial charge in [-0.25, -0.2) is 18.2 Å². The van der Waals surface area contributed by atoms with E-state index < -0.39 is 38.9 Å². The average molecular weight is 539 g/mol. The molecule has 0 aliphatic carbocycles. The fraction of sp³-hybridized carbons (Fsp3) is 0.304. The van der Waals surface area contributed by atoms with Crippen LogP contribution >= 0.6 is 0 Å². The van der Waals surface area contributed by atoms with Crippen molar-refractivity contribution in [2.24, 2.45) is 0 Å². The number of amides is 2. The van der Waals surface area contributed by atoms with E-state index in [4.69, 9.17) is 14.9 Å². The Labute approximate surface area is 208 Å². The maximum Gasteiger partial charge on any atom is 0.490 e. The third-order valence-corrected chi connectivity index (χ3v) is 7.80. The van der Waals surface area contributed by atoms with E-state index in [0.29, 0.717) is 30.7 Å². The number of halogens is 3. The second-order valence-electron chi connectivity index (χ2n) is 8.72. The third-order valence-electron chi connectivity index (χ3n) is 6.10. The van der Waals surface area contributed by atoms with Crippen LogP contribution in [0.1, 0.15) is 41.5 Å². The molecule has 3 heterocycles. The number of alkyl halides is 3. The molecule has 196 valence electrons. The van der Waals surface area contributed by atoms with Crippen LogP contribution in [0.25, 0.3) is 11.0 Å². The van der Waals surface area contributed by atoms with Crippen molar-refractivity contribution < 1.29 is 41.1 Å². The molecule has 10 nitrogen and oxygen atoms in total. The minimum absolute atomic E-state index is 0.0197. The number of aromatic amines is 1. The highest BCUT2D eigenvalue weighted by Gasteiger charge is 2.42. The van der Waals surface area contributed by atoms with E-state index in [-0.39, 0.29) is 12.3 Å². The SMILES string of the molecule is O=C(O)C(F)(F)F.O=C1CCC(Cc2ccc(C3CC(=O)NS3(=O)=O)cc2)(c2nc3ccccc3[nH]2)N1. The first-order valence-electron chi connectivity index (χ1n) is 11.0. The average Bonchev–Trinajstić information content (AvgIpc) is 3.49. The Bertz CT molecular complexity index is 1440. The predicted molar refractivity (Wildman–Crippen MR) is 123 cm³/mol. The van der Waals surface area contributed by atoms with Crippen LogP contribution in [-0.4, -0.2) is 47.5 Å². The molecule has 0 spiro atoms. The van der Waals surface area contributed by atoms with Gasteiger partial charge in [-0.1, -0.05) is 36.4 Å². The number of carboxylic acids is 1. The van der Waals surface area contributed by atoms with Crippen LogP contribution in [0.3, 0.4) is 0 Å². The van der Waals surface area contributed by atoms with E-state index in [1.54, 1.807) is 12.1 Å². The Hall–Kier alpha value is -3.94. The zero-order valence-corrected chi connectivity index (χ0v) is 19.8. The fourth-order valence-electron chi connectivity index (χ4n) is 4.34. The number of nitrogens with one attached hydrogen (secondary N) is 3. The number of para-hydroxylation sites is 2. The van der Waals surface area contributed by atoms with Gasteiger partial charge in [0.05, 0.1) is 17.5 Å². The normalized spacial score (nSPS) is 22.7. The smallest absolute Gasteiger partial charge is 0.475 e. The number of nitrogens with zero attached hydrogens (tertiary/aromatic N) is 1. The molecule has 2 aliphatic heterocycles. The lowest BCUT2D eigenvalue weighted by Gasteiger charge is -2.27. The largest absolute Gasteiger partial charge is 0.490 e. The van der Waals surface area contributed by atoms with Crippen molar-refractivity contribution in [1.82, 2.24) is 20.0 Å². The van der Waals surface area contributed by atoms with Crippen LogP contribution < -0.4 is 10.0 Å². The zero-order chi connectivity index (χ0) is 27.0. The number of hydrogen-bond acceptors (Lipinski definition) is 6. The molecule has 5 rings (SSSR count). The highest BCUT2D eigenvalue weighted by Crippen LogP contribution is 2.35. The molecule has 2 aliphatic rings. The molecule has 2 fully saturated rings. The van der Waals surface area contributed by atoms with Gasteiger partial charge in [0.2, 0.25) is 21.8 Å². The number of imidazole rings is 1. The number of aliphatic carboxylic acids is 1. The molecule has 2 atom stereocenters. The molecule has 0 bridgehead atoms. The van der Waals surface area contributed by atoms with Crippen LogP contribution in [0.4, 0.5) is 13.2 Å². The number of carboxylic acid groups (broad SMARTS) is 1. The van der Waals surface area contributed by atoms with Gasteiger partial charge in [-0.15, -0.1) is 0 Å². The number of hydrogen-bond donors (Lipinski definition) is 4. The van der Waals surface area contributed by atoms with Crippen LogP contribution in [0.5, 0.6) is 0 Å². The summed E-state index contributed by atoms with van der Waals surface area (Å²) < 4.78 is 58.0. The summed E-state index contributed by atoms with van der Waals surface area (Å²) in [5.74, 6) is -2.55. The molecular weight excluding hydrogens is 517 g/mol. The highest BCUT2D eigenvalue weighted by molar-refractivity contribution is 7.90. The van der Waals surface area contributed by atoms with Crippen LogP contribution in [0.15, 0.2) is 48.5 Å². The van der Waals surface area contributed by atoms with Gasteiger partial charge in [-0.3, -0.25) is 14.3 Å². The Balaban J connectivity index is 0.000000405. The number of aromatic nitrogens is 2. The number of benzene rings is 2. The van der Waals surface area contributed by atoms with Crippen molar-refractivity contribution in [2.45, 2.75) is 42.6 Å². The monoisotopic (exact) mass is 538 g/mol. The summed E-state index contributed by atoms with van der Waals surface area (Å²) in [6, 6.07) is 14.9. The molecule has 2 saturated heterocycles. The lowest BCUT2D eigenvalue weighted by molar-refractivity contribution is -0.192. The van der Waals surface area contributed by atoms with E-state index in [1.165, 1.54) is 0 Å². The van der Waals surface area contributed by atoms with Gasteiger partial charge >= 0.3 is 12.1 Å². The van der Waals surface area contributed by atoms with Crippen molar-refractivity contribution in [3.05, 3.63) is 65.5 Å². The van der Waals surface area contributed by atoms with Gasteiger partial charge < -0.3 is 15.4 Å². The quantitative estimate of drug-likeness (QED) is 0.397. The summed E-state index contributed by atoms with van der Waals surface area (Å²) >= 11 is 0. The molecule has 0 radical (unpaired) electrons. The Morgan fingerprint density at radius 1 is 1.08 bits per heavy atom. The standard InChI is InChI=1S/C21H20N4O4S.C2HF3O2/c26-18-9-10-21(24-18,20-22-15-3-1-2-4-16(15)23-20)12-13-5-7-14(8-6-13)17-11-19(27)25-30(17,28)29;3-2(4,5)1(6)7/h1-8,17H,9-12H2,(H,22,23)(H,24,26)(H,25,27);(H,6,7). The second-order valence-corrected chi connectivity index (χ2v) is 10.6. The molecular formula is C23H21F3N4O6S. The summed E-state index contributed by atoms with van der Waals surface area (Å²) in [6.45, 7) is 0. The van der Waals surface area contributed by atoms with E-state index in [1.807, 2.05) is 41.1 Å². The number of fused-ring (bicyclic) bond motifs is 1. The van der Waals surface area contributed by atoms with Gasteiger partial charge in [-0.2, -0.15) is 13.2 Å². The zero-order valence-electron chi connectivity index (χ0n) is 19.0. The van der Waals surface area contributed by atoms with Gasteiger partial charge in [0, 0.05) is 12.8 Å². The van der Waals surface area contributed by atoms with Gasteiger partial charge in [0.15, 0.2) is 0 Å². The maximum absolute atomic E-state index is 12.1. The minimum Gasteiger partial charge on any atom is -0.475 e. The number of carbonyl (C=O) groups is 3. The molecule has 0 saturated carbocycles. The highest BCUT2D eigenvalue weighted by atomic mass is 32.2. The second kappa shape index (κ2) is 9.50. The molecule has 14 heteroatoms. The number of carbonyl (C=O) groups excluding carboxylic acids is 2. The predicted octanol–water partition coefficient (Wildman–Crippen LogP) is 2.43. The van der Waals surface area contributed by atoms with Gasteiger partial charge in [0.25, 0.3) is 0 Å². The topological polar surface area (TPSA) is 158 Å². The Morgan fingerprint density at radius 3 is 2.24 bits per heavy atom. The number of sulfonamides is 1. The Kier molecular flexibility index (Phi) is 6.71. The first-order valence-corrected chi connectivity index (χ1v) is 12.5. The summed E-state index contributed by atoms with van der Waals surface area (Å²) in [7, 11) is -3.67. The van der Waals surface area contributed by atoms with Crippen molar-refractivity contribution in [3.63, 3.8) is 0 Å². The van der Waals surface area contributed by atoms with E-state index >= 15 is 0 Å². The maximum atomic E-state index is 12.1. The minimum atomic E-state index is -5.08. The summed E-state index contributed by atoms with van der Waals surface area (Å²) in [5.41, 5.74) is 2.62. The first-order chi connectivity index (χ1) is 17.3. The van der Waals surface area contributed by atoms with Crippen LogP contribution in [0, 0.1) is 0 Å². The lowest BCUT2D eigenvalue weighted by atomic mass is 9.88. The van der Waals surface area contributed by atoms with Gasteiger partial charge in [0.1, 0.15) is 16.6 Å². The van der Waals surface area contributed by atoms with Gasteiger partial charge in [-0.05, 0) is 29.7 Å². The Morgan fingerprint density at radius 2 is 1.73 bits per heavy atom. The van der Waals surface area contributed by atoms with Crippen molar-refractivity contribution in [1.29, 1.82) is 0 Å². The fourth-order valence-corrected chi connectivity index (χ4v) is 5.77. The molecule has 1 aromatic heterocycles. The molecule has 4 N–H and O–H groups in total. The molecule has 2 unspecified atom stereocenters. The van der Waals surface area contributed by atoms with Crippen LogP contribution in [0.2, 0.25) is 0 Å². The first kappa shape index (κ1) is 26.1. The number of H-pyrrole nitrogens is 1. The summed E-state index contributed by atoms with van der Waals surface area (Å²) in [4.78, 5) is 40.6. The molecule has 3 aromatic rings. The molecule has 37 heavy (non-hydrogen) atoms. The van der Waals surface area contributed by atoms with Crippen molar-refractivity contribution in [2.75, 3.05) is 0 Å². The molecule has 2 amide bonds. The van der Waals surface area contributed by atoms with Crippen molar-refractivity contribution in [3.8, 4) is 0 Å². The van der Waals surface area contributed by atoms with E-state index in [0.717, 1.165) is 16.6 Å².